The topological polar surface area (TPSA) is 75.5 Å². The number of nitrogens with zero attached hydrogens (tertiary/aromatic N) is 3. The van der Waals surface area contributed by atoms with E-state index in [1.54, 1.807) is 29.7 Å². The number of carbonyl (C=O) groups is 1. The molecule has 186 valence electrons. The van der Waals surface area contributed by atoms with Crippen LogP contribution in [0.3, 0.4) is 0 Å². The van der Waals surface area contributed by atoms with Crippen molar-refractivity contribution < 1.29 is 45.6 Å². The summed E-state index contributed by atoms with van der Waals surface area (Å²) < 4.78 is 5.90. The Labute approximate surface area is 249 Å². The van der Waals surface area contributed by atoms with Crippen molar-refractivity contribution in [2.24, 2.45) is 0 Å². The first-order valence-electron chi connectivity index (χ1n) is 11.8. The number of aromatic carboxylic acids is 1. The van der Waals surface area contributed by atoms with Crippen LogP contribution in [0.2, 0.25) is 0 Å². The van der Waals surface area contributed by atoms with Gasteiger partial charge in [-0.05, 0) is 59.0 Å². The van der Waals surface area contributed by atoms with Gasteiger partial charge in [0.25, 0.3) is 0 Å². The second-order valence-electron chi connectivity index (χ2n) is 8.43. The van der Waals surface area contributed by atoms with Crippen molar-refractivity contribution >= 4 is 23.1 Å². The van der Waals surface area contributed by atoms with E-state index in [2.05, 4.69) is 16.0 Å². The Bertz CT molecular complexity index is 1470. The number of thiophene rings is 1. The van der Waals surface area contributed by atoms with Crippen molar-refractivity contribution in [3.63, 3.8) is 0 Å². The van der Waals surface area contributed by atoms with E-state index in [1.807, 2.05) is 84.2 Å². The first kappa shape index (κ1) is 27.5. The van der Waals surface area contributed by atoms with Crippen LogP contribution in [0, 0.1) is 0 Å². The maximum atomic E-state index is 11.8. The van der Waals surface area contributed by atoms with Crippen molar-refractivity contribution in [3.05, 3.63) is 130 Å². The van der Waals surface area contributed by atoms with Crippen LogP contribution in [-0.4, -0.2) is 21.0 Å². The number of benzene rings is 3. The number of aromatic nitrogens is 2. The summed E-state index contributed by atoms with van der Waals surface area (Å²) in [7, 11) is 0. The summed E-state index contributed by atoms with van der Waals surface area (Å²) in [5.41, 5.74) is 3.00. The third kappa shape index (κ3) is 7.08. The molecule has 6 nitrogen and oxygen atoms in total. The molecular formula is C30H26N3NaO3S. The number of rotatable bonds is 10. The monoisotopic (exact) mass is 531 g/mol. The van der Waals surface area contributed by atoms with Gasteiger partial charge in [0, 0.05) is 23.2 Å². The summed E-state index contributed by atoms with van der Waals surface area (Å²) in [6.45, 7) is 1.51. The maximum absolute atomic E-state index is 11.8. The molecule has 1 N–H and O–H groups in total. The summed E-state index contributed by atoms with van der Waals surface area (Å²) in [6, 6.07) is 30.8. The summed E-state index contributed by atoms with van der Waals surface area (Å²) in [6.07, 6.45) is 1.74. The molecular weight excluding hydrogens is 505 g/mol. The average molecular weight is 532 g/mol. The van der Waals surface area contributed by atoms with Crippen LogP contribution in [-0.2, 0) is 19.7 Å². The van der Waals surface area contributed by atoms with Crippen LogP contribution in [0.1, 0.15) is 27.8 Å². The van der Waals surface area contributed by atoms with E-state index in [-0.39, 0.29) is 31.0 Å². The average Bonchev–Trinajstić information content (AvgIpc) is 3.46. The van der Waals surface area contributed by atoms with Gasteiger partial charge in [0.05, 0.1) is 12.1 Å². The number of carboxylic acids is 1. The van der Waals surface area contributed by atoms with E-state index in [4.69, 9.17) is 9.72 Å². The predicted octanol–water partition coefficient (Wildman–Crippen LogP) is 3.81. The molecule has 0 amide bonds. The molecule has 0 spiro atoms. The van der Waals surface area contributed by atoms with Gasteiger partial charge in [0.2, 0.25) is 0 Å². The smallest absolute Gasteiger partial charge is 1.00 e. The fourth-order valence-electron chi connectivity index (χ4n) is 3.99. The Morgan fingerprint density at radius 3 is 2.39 bits per heavy atom. The second kappa shape index (κ2) is 13.3. The summed E-state index contributed by atoms with van der Waals surface area (Å²) in [5.74, 6) is 1.15. The van der Waals surface area contributed by atoms with E-state index in [0.717, 1.165) is 33.1 Å². The van der Waals surface area contributed by atoms with Gasteiger partial charge in [-0.2, -0.15) is 0 Å². The third-order valence-corrected chi connectivity index (χ3v) is 6.72. The molecule has 0 saturated carbocycles. The molecule has 0 bridgehead atoms. The molecule has 2 heterocycles. The first-order valence-corrected chi connectivity index (χ1v) is 12.7. The van der Waals surface area contributed by atoms with Crippen LogP contribution in [0.5, 0.6) is 5.75 Å². The van der Waals surface area contributed by atoms with Gasteiger partial charge in [-0.15, -0.1) is 11.3 Å². The summed E-state index contributed by atoms with van der Waals surface area (Å²) >= 11 is 1.66. The Balaban J connectivity index is 0.00000210. The molecule has 0 radical (unpaired) electrons. The fourth-order valence-corrected chi connectivity index (χ4v) is 4.71. The van der Waals surface area contributed by atoms with Crippen LogP contribution >= 0.6 is 11.3 Å². The Morgan fingerprint density at radius 2 is 1.66 bits per heavy atom. The second-order valence-corrected chi connectivity index (χ2v) is 9.47. The number of ether oxygens (including phenoxy) is 1. The first-order chi connectivity index (χ1) is 18.2. The molecule has 0 unspecified atom stereocenters. The van der Waals surface area contributed by atoms with Gasteiger partial charge in [0.1, 0.15) is 18.2 Å². The Kier molecular flexibility index (Phi) is 9.67. The molecule has 0 atom stereocenters. The minimum Gasteiger partial charge on any atom is -1.00 e. The molecule has 3 aromatic carbocycles. The van der Waals surface area contributed by atoms with Gasteiger partial charge in [-0.1, -0.05) is 54.6 Å². The standard InChI is InChI=1S/C30H25N3O3S.Na.H/c34-30(35)27-11-5-4-9-24(27)19-33(20-26-10-6-18-37-26)28-16-17-31-29(32-28)23-12-14-25(15-13-23)36-21-22-7-2-1-3-8-22;;/h1-18H,19-21H2,(H,34,35);;/q;+1;-1. The number of hydrogen-bond donors (Lipinski definition) is 1. The van der Waals surface area contributed by atoms with Crippen molar-refractivity contribution in [1.82, 2.24) is 9.97 Å². The molecule has 0 aliphatic rings. The summed E-state index contributed by atoms with van der Waals surface area (Å²) in [5, 5.41) is 11.7. The van der Waals surface area contributed by atoms with Crippen LogP contribution in [0.15, 0.2) is 109 Å². The van der Waals surface area contributed by atoms with Gasteiger partial charge < -0.3 is 16.2 Å². The van der Waals surface area contributed by atoms with Crippen LogP contribution in [0.25, 0.3) is 11.4 Å². The molecule has 8 heteroatoms. The van der Waals surface area contributed by atoms with Crippen LogP contribution < -0.4 is 39.2 Å². The molecule has 5 aromatic rings. The fraction of sp³-hybridized carbons (Fsp3) is 0.100. The molecule has 0 aliphatic carbocycles. The van der Waals surface area contributed by atoms with E-state index in [9.17, 15) is 9.90 Å². The number of carboxylic acid groups (broad SMARTS) is 1. The van der Waals surface area contributed by atoms with E-state index >= 15 is 0 Å². The Morgan fingerprint density at radius 1 is 0.895 bits per heavy atom. The molecule has 0 saturated heterocycles. The largest absolute Gasteiger partial charge is 1.00 e. The molecule has 2 aromatic heterocycles. The maximum Gasteiger partial charge on any atom is 1.00 e. The minimum absolute atomic E-state index is 0. The molecule has 0 fully saturated rings. The zero-order valence-electron chi connectivity index (χ0n) is 22.0. The predicted molar refractivity (Wildman–Crippen MR) is 147 cm³/mol. The van der Waals surface area contributed by atoms with Crippen molar-refractivity contribution in [2.75, 3.05) is 4.90 Å². The zero-order valence-corrected chi connectivity index (χ0v) is 23.8. The SMILES string of the molecule is O=C(O)c1ccccc1CN(Cc1cccs1)c1ccnc(-c2ccc(OCc3ccccc3)cc2)n1.[H-].[Na+]. The zero-order chi connectivity index (χ0) is 25.5. The Hall–Kier alpha value is -3.49. The third-order valence-electron chi connectivity index (χ3n) is 5.86. The van der Waals surface area contributed by atoms with Gasteiger partial charge >= 0.3 is 35.5 Å². The van der Waals surface area contributed by atoms with E-state index < -0.39 is 5.97 Å². The summed E-state index contributed by atoms with van der Waals surface area (Å²) in [4.78, 5) is 24.4. The van der Waals surface area contributed by atoms with Crippen LogP contribution in [0.4, 0.5) is 5.82 Å². The quantitative estimate of drug-likeness (QED) is 0.276. The van der Waals surface area contributed by atoms with Gasteiger partial charge in [-0.25, -0.2) is 14.8 Å². The number of anilines is 1. The van der Waals surface area contributed by atoms with Gasteiger partial charge in [-0.3, -0.25) is 0 Å². The molecule has 5 rings (SSSR count). The number of hydrogen-bond acceptors (Lipinski definition) is 6. The van der Waals surface area contributed by atoms with E-state index in [1.165, 1.54) is 0 Å². The van der Waals surface area contributed by atoms with E-state index in [0.29, 0.717) is 31.1 Å². The van der Waals surface area contributed by atoms with Crippen molar-refractivity contribution in [1.29, 1.82) is 0 Å². The normalized spacial score (nSPS) is 10.4. The minimum atomic E-state index is -0.940. The molecule has 0 aliphatic heterocycles. The van der Waals surface area contributed by atoms with Gasteiger partial charge in [0.15, 0.2) is 5.82 Å². The van der Waals surface area contributed by atoms with Crippen molar-refractivity contribution in [2.45, 2.75) is 19.7 Å². The van der Waals surface area contributed by atoms with Crippen molar-refractivity contribution in [3.8, 4) is 17.1 Å². The molecule has 38 heavy (non-hydrogen) atoms.